The van der Waals surface area contributed by atoms with Crippen LogP contribution in [0.2, 0.25) is 0 Å². The van der Waals surface area contributed by atoms with Crippen molar-refractivity contribution < 1.29 is 9.53 Å². The van der Waals surface area contributed by atoms with Crippen LogP contribution in [0.5, 0.6) is 5.75 Å². The fraction of sp³-hybridized carbons (Fsp3) is 0.273. The van der Waals surface area contributed by atoms with Crippen LogP contribution in [-0.4, -0.2) is 21.8 Å². The van der Waals surface area contributed by atoms with Crippen molar-refractivity contribution in [1.29, 1.82) is 0 Å². The maximum Gasteiger partial charge on any atom is 0.255 e. The van der Waals surface area contributed by atoms with Gasteiger partial charge in [0.1, 0.15) is 5.75 Å². The molecule has 1 saturated carbocycles. The standard InChI is InChI=1S/C22H23N3O2/c26-22(18-11-9-17(10-12-18)16-25-14-4-13-23-25)24-19-5-3-8-21(15-19)27-20-6-1-2-7-20/h3-5,8-15,20H,1-2,6-7,16H2,(H,24,26). The van der Waals surface area contributed by atoms with Crippen LogP contribution >= 0.6 is 0 Å². The number of nitrogens with one attached hydrogen (secondary N) is 1. The average Bonchev–Trinajstić information content (AvgIpc) is 3.37. The summed E-state index contributed by atoms with van der Waals surface area (Å²) < 4.78 is 7.86. The molecular weight excluding hydrogens is 338 g/mol. The molecule has 3 aromatic rings. The summed E-state index contributed by atoms with van der Waals surface area (Å²) in [4.78, 5) is 12.5. The first kappa shape index (κ1) is 17.3. The fourth-order valence-electron chi connectivity index (χ4n) is 3.39. The zero-order chi connectivity index (χ0) is 18.5. The van der Waals surface area contributed by atoms with E-state index >= 15 is 0 Å². The van der Waals surface area contributed by atoms with E-state index in [1.54, 1.807) is 6.20 Å². The molecule has 5 nitrogen and oxygen atoms in total. The van der Waals surface area contributed by atoms with Gasteiger partial charge in [0.25, 0.3) is 5.91 Å². The number of carbonyl (C=O) groups is 1. The van der Waals surface area contributed by atoms with Gasteiger partial charge in [-0.25, -0.2) is 0 Å². The molecule has 0 bridgehead atoms. The third-order valence-electron chi connectivity index (χ3n) is 4.82. The molecule has 1 heterocycles. The van der Waals surface area contributed by atoms with Crippen LogP contribution in [0.25, 0.3) is 0 Å². The highest BCUT2D eigenvalue weighted by Crippen LogP contribution is 2.26. The molecule has 1 N–H and O–H groups in total. The topological polar surface area (TPSA) is 56.1 Å². The molecular formula is C22H23N3O2. The van der Waals surface area contributed by atoms with Crippen molar-refractivity contribution in [3.63, 3.8) is 0 Å². The van der Waals surface area contributed by atoms with Crippen LogP contribution in [0, 0.1) is 0 Å². The number of anilines is 1. The predicted octanol–water partition coefficient (Wildman–Crippen LogP) is 4.51. The smallest absolute Gasteiger partial charge is 0.255 e. The van der Waals surface area contributed by atoms with Crippen LogP contribution < -0.4 is 10.1 Å². The van der Waals surface area contributed by atoms with Gasteiger partial charge < -0.3 is 10.1 Å². The number of rotatable bonds is 6. The summed E-state index contributed by atoms with van der Waals surface area (Å²) in [5.41, 5.74) is 2.47. The Hall–Kier alpha value is -3.08. The highest BCUT2D eigenvalue weighted by Gasteiger charge is 2.16. The van der Waals surface area contributed by atoms with Gasteiger partial charge >= 0.3 is 0 Å². The van der Waals surface area contributed by atoms with Crippen LogP contribution in [0.1, 0.15) is 41.6 Å². The van der Waals surface area contributed by atoms with Crippen molar-refractivity contribution in [2.75, 3.05) is 5.32 Å². The Kier molecular flexibility index (Phi) is 5.19. The zero-order valence-electron chi connectivity index (χ0n) is 15.2. The van der Waals surface area contributed by atoms with E-state index in [1.807, 2.05) is 65.5 Å². The molecule has 5 heteroatoms. The number of carbonyl (C=O) groups excluding carboxylic acids is 1. The first-order chi connectivity index (χ1) is 13.3. The van der Waals surface area contributed by atoms with Crippen molar-refractivity contribution >= 4 is 11.6 Å². The van der Waals surface area contributed by atoms with Gasteiger partial charge in [0, 0.05) is 29.7 Å². The number of benzene rings is 2. The summed E-state index contributed by atoms with van der Waals surface area (Å²) in [7, 11) is 0. The molecule has 27 heavy (non-hydrogen) atoms. The molecule has 1 aliphatic carbocycles. The average molecular weight is 361 g/mol. The minimum absolute atomic E-state index is 0.126. The van der Waals surface area contributed by atoms with Gasteiger partial charge in [0.05, 0.1) is 12.6 Å². The van der Waals surface area contributed by atoms with E-state index in [-0.39, 0.29) is 5.91 Å². The van der Waals surface area contributed by atoms with E-state index in [2.05, 4.69) is 10.4 Å². The third kappa shape index (κ3) is 4.56. The van der Waals surface area contributed by atoms with Crippen molar-refractivity contribution in [2.45, 2.75) is 38.3 Å². The third-order valence-corrected chi connectivity index (χ3v) is 4.82. The molecule has 4 rings (SSSR count). The van der Waals surface area contributed by atoms with Crippen LogP contribution in [0.3, 0.4) is 0 Å². The lowest BCUT2D eigenvalue weighted by Crippen LogP contribution is -2.13. The number of nitrogens with zero attached hydrogens (tertiary/aromatic N) is 2. The molecule has 0 saturated heterocycles. The summed E-state index contributed by atoms with van der Waals surface area (Å²) in [6, 6.07) is 17.1. The minimum Gasteiger partial charge on any atom is -0.490 e. The van der Waals surface area contributed by atoms with Gasteiger partial charge in [-0.15, -0.1) is 0 Å². The molecule has 0 radical (unpaired) electrons. The van der Waals surface area contributed by atoms with Crippen molar-refractivity contribution in [3.05, 3.63) is 78.1 Å². The lowest BCUT2D eigenvalue weighted by Gasteiger charge is -2.14. The second-order valence-electron chi connectivity index (χ2n) is 6.91. The van der Waals surface area contributed by atoms with Gasteiger partial charge in [-0.3, -0.25) is 9.48 Å². The van der Waals surface area contributed by atoms with E-state index in [9.17, 15) is 4.79 Å². The quantitative estimate of drug-likeness (QED) is 0.703. The van der Waals surface area contributed by atoms with Gasteiger partial charge in [0.15, 0.2) is 0 Å². The summed E-state index contributed by atoms with van der Waals surface area (Å²) in [5.74, 6) is 0.688. The van der Waals surface area contributed by atoms with Crippen molar-refractivity contribution in [1.82, 2.24) is 9.78 Å². The molecule has 1 fully saturated rings. The Morgan fingerprint density at radius 3 is 2.67 bits per heavy atom. The highest BCUT2D eigenvalue weighted by molar-refractivity contribution is 6.04. The molecule has 0 atom stereocenters. The van der Waals surface area contributed by atoms with Crippen LogP contribution in [0.4, 0.5) is 5.69 Å². The van der Waals surface area contributed by atoms with Crippen LogP contribution in [0.15, 0.2) is 67.0 Å². The number of ether oxygens (including phenoxy) is 1. The maximum atomic E-state index is 12.5. The molecule has 1 amide bonds. The Balaban J connectivity index is 1.38. The lowest BCUT2D eigenvalue weighted by molar-refractivity contribution is 0.102. The monoisotopic (exact) mass is 361 g/mol. The predicted molar refractivity (Wildman–Crippen MR) is 105 cm³/mol. The molecule has 0 spiro atoms. The van der Waals surface area contributed by atoms with E-state index in [1.165, 1.54) is 12.8 Å². The molecule has 0 unspecified atom stereocenters. The molecule has 1 aliphatic rings. The molecule has 2 aromatic carbocycles. The van der Waals surface area contributed by atoms with E-state index in [0.29, 0.717) is 18.2 Å². The summed E-state index contributed by atoms with van der Waals surface area (Å²) in [6.45, 7) is 0.690. The Morgan fingerprint density at radius 2 is 1.93 bits per heavy atom. The summed E-state index contributed by atoms with van der Waals surface area (Å²) in [6.07, 6.45) is 8.67. The number of hydrogen-bond acceptors (Lipinski definition) is 3. The van der Waals surface area contributed by atoms with Gasteiger partial charge in [-0.2, -0.15) is 5.10 Å². The first-order valence-electron chi connectivity index (χ1n) is 9.41. The molecule has 138 valence electrons. The Morgan fingerprint density at radius 1 is 1.11 bits per heavy atom. The fourth-order valence-corrected chi connectivity index (χ4v) is 3.39. The Bertz CT molecular complexity index is 882. The first-order valence-corrected chi connectivity index (χ1v) is 9.41. The normalized spacial score (nSPS) is 14.2. The Labute approximate surface area is 159 Å². The van der Waals surface area contributed by atoms with Gasteiger partial charge in [-0.1, -0.05) is 18.2 Å². The molecule has 0 aliphatic heterocycles. The largest absolute Gasteiger partial charge is 0.490 e. The van der Waals surface area contributed by atoms with Crippen molar-refractivity contribution in [2.24, 2.45) is 0 Å². The number of aromatic nitrogens is 2. The van der Waals surface area contributed by atoms with E-state index in [0.717, 1.165) is 29.8 Å². The van der Waals surface area contributed by atoms with Crippen LogP contribution in [-0.2, 0) is 6.54 Å². The lowest BCUT2D eigenvalue weighted by atomic mass is 10.1. The second-order valence-corrected chi connectivity index (χ2v) is 6.91. The molecule has 1 aromatic heterocycles. The van der Waals surface area contributed by atoms with E-state index in [4.69, 9.17) is 4.74 Å². The van der Waals surface area contributed by atoms with Crippen molar-refractivity contribution in [3.8, 4) is 5.75 Å². The second kappa shape index (κ2) is 8.08. The number of hydrogen-bond donors (Lipinski definition) is 1. The summed E-state index contributed by atoms with van der Waals surface area (Å²) >= 11 is 0. The SMILES string of the molecule is O=C(Nc1cccc(OC2CCCC2)c1)c1ccc(Cn2cccn2)cc1. The zero-order valence-corrected chi connectivity index (χ0v) is 15.2. The van der Waals surface area contributed by atoms with Gasteiger partial charge in [0.2, 0.25) is 0 Å². The highest BCUT2D eigenvalue weighted by atomic mass is 16.5. The maximum absolute atomic E-state index is 12.5. The van der Waals surface area contributed by atoms with Gasteiger partial charge in [-0.05, 0) is 61.6 Å². The summed E-state index contributed by atoms with van der Waals surface area (Å²) in [5, 5.41) is 7.15. The number of amides is 1. The van der Waals surface area contributed by atoms with E-state index < -0.39 is 0 Å². The minimum atomic E-state index is -0.126.